The number of hydrogen-bond donors (Lipinski definition) is 1. The number of hydrogen-bond acceptors (Lipinski definition) is 5. The number of nitrogens with one attached hydrogen (secondary N) is 1. The largest absolute Gasteiger partial charge is 0.355 e. The van der Waals surface area contributed by atoms with Gasteiger partial charge in [0.15, 0.2) is 0 Å². The third-order valence-electron chi connectivity index (χ3n) is 6.73. The Labute approximate surface area is 225 Å². The topological polar surface area (TPSA) is 87.5 Å². The highest BCUT2D eigenvalue weighted by atomic mass is 35.5. The highest BCUT2D eigenvalue weighted by molar-refractivity contribution is 6.42. The highest BCUT2D eigenvalue weighted by Gasteiger charge is 2.32. The number of fused-ring (bicyclic) bond motifs is 1. The van der Waals surface area contributed by atoms with E-state index in [2.05, 4.69) is 5.32 Å². The number of carbonyl (C=O) groups is 2. The lowest BCUT2D eigenvalue weighted by Gasteiger charge is -2.35. The van der Waals surface area contributed by atoms with E-state index in [-0.39, 0.29) is 36.0 Å². The molecule has 0 saturated heterocycles. The first-order chi connectivity index (χ1) is 17.5. The minimum absolute atomic E-state index is 0.0535. The molecule has 2 amide bonds. The van der Waals surface area contributed by atoms with Crippen LogP contribution in [0.4, 0.5) is 5.95 Å². The lowest BCUT2D eigenvalue weighted by atomic mass is 9.98. The van der Waals surface area contributed by atoms with Crippen LogP contribution in [0.25, 0.3) is 5.69 Å². The summed E-state index contributed by atoms with van der Waals surface area (Å²) < 4.78 is 1.58. The quantitative estimate of drug-likeness (QED) is 0.519. The Bertz CT molecular complexity index is 1420. The maximum absolute atomic E-state index is 13.9. The molecule has 1 aliphatic heterocycles. The first kappa shape index (κ1) is 26.7. The molecule has 2 heterocycles. The van der Waals surface area contributed by atoms with Crippen molar-refractivity contribution in [1.29, 1.82) is 0 Å². The fourth-order valence-electron chi connectivity index (χ4n) is 4.32. The van der Waals surface area contributed by atoms with Crippen LogP contribution in [0, 0.1) is 0 Å². The van der Waals surface area contributed by atoms with Crippen molar-refractivity contribution in [3.8, 4) is 5.69 Å². The third kappa shape index (κ3) is 5.08. The van der Waals surface area contributed by atoms with Crippen LogP contribution in [0.1, 0.15) is 52.7 Å². The summed E-state index contributed by atoms with van der Waals surface area (Å²) in [4.78, 5) is 47.8. The minimum Gasteiger partial charge on any atom is -0.355 e. The smallest absolute Gasteiger partial charge is 0.263 e. The molecule has 1 aliphatic rings. The number of anilines is 1. The molecule has 0 fully saturated rings. The molecule has 1 N–H and O–H groups in total. The van der Waals surface area contributed by atoms with Gasteiger partial charge in [-0.05, 0) is 69.7 Å². The van der Waals surface area contributed by atoms with Gasteiger partial charge in [-0.3, -0.25) is 14.4 Å². The van der Waals surface area contributed by atoms with Crippen molar-refractivity contribution < 1.29 is 9.59 Å². The number of rotatable bonds is 5. The van der Waals surface area contributed by atoms with Crippen LogP contribution in [0.3, 0.4) is 0 Å². The van der Waals surface area contributed by atoms with Gasteiger partial charge in [0.2, 0.25) is 5.95 Å². The van der Waals surface area contributed by atoms with Gasteiger partial charge in [-0.2, -0.15) is 0 Å². The molecule has 1 atom stereocenters. The average molecular weight is 542 g/mol. The summed E-state index contributed by atoms with van der Waals surface area (Å²) in [5.41, 5.74) is 2.48. The average Bonchev–Trinajstić information content (AvgIpc) is 2.89. The van der Waals surface area contributed by atoms with Crippen molar-refractivity contribution in [3.05, 3.63) is 85.2 Å². The van der Waals surface area contributed by atoms with Crippen molar-refractivity contribution in [2.75, 3.05) is 19.0 Å². The van der Waals surface area contributed by atoms with Crippen molar-refractivity contribution in [3.63, 3.8) is 0 Å². The van der Waals surface area contributed by atoms with Crippen molar-refractivity contribution in [2.45, 2.75) is 45.8 Å². The number of nitrogens with zero attached hydrogens (tertiary/aromatic N) is 4. The Kier molecular flexibility index (Phi) is 7.62. The molecule has 0 bridgehead atoms. The first-order valence-corrected chi connectivity index (χ1v) is 12.7. The molecule has 0 spiro atoms. The Morgan fingerprint density at radius 1 is 1.08 bits per heavy atom. The zero-order valence-corrected chi connectivity index (χ0v) is 22.9. The van der Waals surface area contributed by atoms with Gasteiger partial charge in [0.25, 0.3) is 17.4 Å². The summed E-state index contributed by atoms with van der Waals surface area (Å²) in [5, 5.41) is 3.28. The van der Waals surface area contributed by atoms with E-state index in [9.17, 15) is 14.4 Å². The molecule has 10 heteroatoms. The van der Waals surface area contributed by atoms with Crippen LogP contribution < -0.4 is 15.8 Å². The number of aromatic nitrogens is 2. The second-order valence-electron chi connectivity index (χ2n) is 9.42. The molecule has 8 nitrogen and oxygen atoms in total. The highest BCUT2D eigenvalue weighted by Crippen LogP contribution is 2.28. The van der Waals surface area contributed by atoms with E-state index in [1.54, 1.807) is 59.0 Å². The number of halogens is 2. The Hall–Kier alpha value is -3.36. The molecule has 0 saturated carbocycles. The minimum atomic E-state index is -0.235. The monoisotopic (exact) mass is 541 g/mol. The van der Waals surface area contributed by atoms with E-state index in [4.69, 9.17) is 28.2 Å². The molecule has 194 valence electrons. The van der Waals surface area contributed by atoms with Crippen molar-refractivity contribution in [2.24, 2.45) is 0 Å². The molecule has 4 rings (SSSR count). The molecule has 0 unspecified atom stereocenters. The van der Waals surface area contributed by atoms with E-state index in [1.165, 1.54) is 0 Å². The van der Waals surface area contributed by atoms with E-state index < -0.39 is 0 Å². The van der Waals surface area contributed by atoms with Crippen LogP contribution in [0.15, 0.2) is 47.3 Å². The summed E-state index contributed by atoms with van der Waals surface area (Å²) in [6.45, 7) is 6.12. The zero-order chi connectivity index (χ0) is 27.0. The second kappa shape index (κ2) is 10.6. The summed E-state index contributed by atoms with van der Waals surface area (Å²) in [6, 6.07) is 11.5. The fourth-order valence-corrected chi connectivity index (χ4v) is 4.62. The summed E-state index contributed by atoms with van der Waals surface area (Å²) in [5.74, 6) is 0.0525. The predicted octanol–water partition coefficient (Wildman–Crippen LogP) is 4.33. The summed E-state index contributed by atoms with van der Waals surface area (Å²) in [7, 11) is 3.44. The molecular weight excluding hydrogens is 513 g/mol. The fraction of sp³-hybridized carbons (Fsp3) is 0.333. The Balaban J connectivity index is 1.79. The van der Waals surface area contributed by atoms with Crippen LogP contribution in [-0.4, -0.2) is 52.4 Å². The van der Waals surface area contributed by atoms with E-state index in [1.807, 2.05) is 32.7 Å². The second-order valence-corrected chi connectivity index (χ2v) is 10.2. The van der Waals surface area contributed by atoms with E-state index in [0.717, 1.165) is 0 Å². The molecule has 0 aliphatic carbocycles. The molecule has 1 aromatic heterocycles. The summed E-state index contributed by atoms with van der Waals surface area (Å²) in [6.07, 6.45) is 0.357. The third-order valence-corrected chi connectivity index (χ3v) is 7.47. The number of carbonyl (C=O) groups excluding carboxylic acids is 2. The maximum atomic E-state index is 13.9. The lowest BCUT2D eigenvalue weighted by Crippen LogP contribution is -2.46. The van der Waals surface area contributed by atoms with Gasteiger partial charge >= 0.3 is 0 Å². The number of benzene rings is 2. The van der Waals surface area contributed by atoms with Crippen LogP contribution >= 0.6 is 23.2 Å². The standard InChI is InChI=1S/C27H29Cl2N5O3/c1-15(2)32(5)27-31-23-14-33(25(36)18-8-11-21(28)22(29)13-18)16(3)12-20(23)26(37)34(27)19-9-6-17(7-10-19)24(35)30-4/h6-11,13,15-16H,12,14H2,1-5H3,(H,30,35)/t16-/m1/s1. The Morgan fingerprint density at radius 2 is 1.73 bits per heavy atom. The molecule has 37 heavy (non-hydrogen) atoms. The molecule has 3 aromatic rings. The van der Waals surface area contributed by atoms with Crippen LogP contribution in [-0.2, 0) is 13.0 Å². The van der Waals surface area contributed by atoms with E-state index in [0.29, 0.717) is 50.5 Å². The Morgan fingerprint density at radius 3 is 2.32 bits per heavy atom. The summed E-state index contributed by atoms with van der Waals surface area (Å²) >= 11 is 12.2. The van der Waals surface area contributed by atoms with Crippen molar-refractivity contribution >= 4 is 41.0 Å². The van der Waals surface area contributed by atoms with Gasteiger partial charge in [-0.25, -0.2) is 9.55 Å². The number of amides is 2. The normalized spacial score (nSPS) is 14.9. The van der Waals surface area contributed by atoms with Gasteiger partial charge in [-0.1, -0.05) is 23.2 Å². The first-order valence-electron chi connectivity index (χ1n) is 12.0. The van der Waals surface area contributed by atoms with Gasteiger partial charge in [0.1, 0.15) is 0 Å². The van der Waals surface area contributed by atoms with Crippen LogP contribution in [0.5, 0.6) is 0 Å². The molecule has 0 radical (unpaired) electrons. The van der Waals surface area contributed by atoms with E-state index >= 15 is 0 Å². The maximum Gasteiger partial charge on any atom is 0.263 e. The van der Waals surface area contributed by atoms with Gasteiger partial charge < -0.3 is 15.1 Å². The van der Waals surface area contributed by atoms with Crippen LogP contribution in [0.2, 0.25) is 10.0 Å². The van der Waals surface area contributed by atoms with Gasteiger partial charge in [0, 0.05) is 42.9 Å². The molecule has 2 aromatic carbocycles. The van der Waals surface area contributed by atoms with Gasteiger partial charge in [-0.15, -0.1) is 0 Å². The zero-order valence-electron chi connectivity index (χ0n) is 21.4. The van der Waals surface area contributed by atoms with Crippen molar-refractivity contribution in [1.82, 2.24) is 19.8 Å². The lowest BCUT2D eigenvalue weighted by molar-refractivity contribution is 0.0653. The SMILES string of the molecule is CNC(=O)c1ccc(-n2c(N(C)C(C)C)nc3c(c2=O)C[C@@H](C)N(C(=O)c2ccc(Cl)c(Cl)c2)C3)cc1. The molecular formula is C27H29Cl2N5O3. The predicted molar refractivity (Wildman–Crippen MR) is 146 cm³/mol. The van der Waals surface area contributed by atoms with Gasteiger partial charge in [0.05, 0.1) is 28.0 Å².